The third kappa shape index (κ3) is 5.56. The topological polar surface area (TPSA) is 125 Å². The van der Waals surface area contributed by atoms with Crippen LogP contribution in [0.3, 0.4) is 0 Å². The predicted molar refractivity (Wildman–Crippen MR) is 193 cm³/mol. The zero-order valence-corrected chi connectivity index (χ0v) is 28.4. The van der Waals surface area contributed by atoms with E-state index in [0.717, 1.165) is 42.4 Å². The summed E-state index contributed by atoms with van der Waals surface area (Å²) in [5.74, 6) is 2.94. The Bertz CT molecular complexity index is 2120. The predicted octanol–water partition coefficient (Wildman–Crippen LogP) is 6.27. The number of benzene rings is 4. The fourth-order valence-electron chi connectivity index (χ4n) is 8.69. The maximum Gasteiger partial charge on any atom is 0.325 e. The van der Waals surface area contributed by atoms with Gasteiger partial charge in [-0.1, -0.05) is 90.7 Å². The van der Waals surface area contributed by atoms with Crippen LogP contribution in [0.15, 0.2) is 115 Å². The Kier molecular flexibility index (Phi) is 8.87. The zero-order valence-electron chi connectivity index (χ0n) is 28.4. The lowest BCUT2D eigenvalue weighted by Crippen LogP contribution is -2.52. The molecule has 0 bridgehead atoms. The van der Waals surface area contributed by atoms with Gasteiger partial charge in [-0.05, 0) is 83.8 Å². The molecule has 2 fully saturated rings. The number of nitrogens with one attached hydrogen (secondary N) is 1. The molecule has 4 aromatic carbocycles. The lowest BCUT2D eigenvalue weighted by Gasteiger charge is -2.46. The lowest BCUT2D eigenvalue weighted by atomic mass is 9.65. The molecule has 3 heterocycles. The number of fused-ring (bicyclic) bond motifs is 3. The van der Waals surface area contributed by atoms with E-state index in [0.29, 0.717) is 28.1 Å². The molecule has 4 aromatic rings. The van der Waals surface area contributed by atoms with Crippen LogP contribution >= 0.6 is 0 Å². The largest absolute Gasteiger partial charge is 0.491 e. The number of allylic oxidation sites excluding steroid dienone is 2. The third-order valence-electron chi connectivity index (χ3n) is 10.8. The highest BCUT2D eigenvalue weighted by atomic mass is 16.6. The van der Waals surface area contributed by atoms with Gasteiger partial charge < -0.3 is 25.0 Å². The monoisotopic (exact) mass is 694 g/mol. The van der Waals surface area contributed by atoms with Gasteiger partial charge in [0, 0.05) is 11.3 Å². The van der Waals surface area contributed by atoms with Crippen LogP contribution in [-0.4, -0.2) is 52.2 Å². The number of esters is 1. The Labute approximate surface area is 301 Å². The first kappa shape index (κ1) is 33.5. The van der Waals surface area contributed by atoms with Gasteiger partial charge >= 0.3 is 11.9 Å². The van der Waals surface area contributed by atoms with Crippen LogP contribution in [0.25, 0.3) is 0 Å². The van der Waals surface area contributed by atoms with E-state index in [2.05, 4.69) is 23.2 Å². The Morgan fingerprint density at radius 1 is 0.885 bits per heavy atom. The van der Waals surface area contributed by atoms with Gasteiger partial charge in [0.15, 0.2) is 0 Å². The minimum Gasteiger partial charge on any atom is -0.491 e. The number of morpholine rings is 1. The molecule has 52 heavy (non-hydrogen) atoms. The van der Waals surface area contributed by atoms with E-state index in [-0.39, 0.29) is 13.2 Å². The van der Waals surface area contributed by atoms with Gasteiger partial charge in [-0.15, -0.1) is 0 Å². The summed E-state index contributed by atoms with van der Waals surface area (Å²) in [6.45, 7) is -0.162. The van der Waals surface area contributed by atoms with E-state index in [9.17, 15) is 24.6 Å². The number of ether oxygens (including phenoxy) is 2. The average Bonchev–Trinajstić information content (AvgIpc) is 3.66. The second-order valence-corrected chi connectivity index (χ2v) is 13.7. The summed E-state index contributed by atoms with van der Waals surface area (Å²) in [5.41, 5.74) is 2.96. The Morgan fingerprint density at radius 2 is 1.63 bits per heavy atom. The standard InChI is InChI=1S/C43H38N2O7/c46-23-24-51-32-18-10-17-31(26-32)39-43(33-25-28(21-22-34(33)44-42(43)50)20-19-27-11-4-1-5-12-27)35(40(47)48)37-41(49)52-38(30-15-8-3-9-16-30)36(45(37)39)29-13-6-2-7-14-29/h2-3,6-11,13-18,21-22,25-26,35-39,46H,1,4-5,12,23-24H2,(H,44,50)(H,47,48). The molecule has 6 unspecified atom stereocenters. The first-order valence-corrected chi connectivity index (χ1v) is 17.7. The Hall–Kier alpha value is -5.69. The van der Waals surface area contributed by atoms with Crippen molar-refractivity contribution in [1.29, 1.82) is 0 Å². The van der Waals surface area contributed by atoms with Gasteiger partial charge in [0.25, 0.3) is 0 Å². The van der Waals surface area contributed by atoms with Crippen LogP contribution in [-0.2, 0) is 24.5 Å². The zero-order chi connectivity index (χ0) is 35.8. The van der Waals surface area contributed by atoms with Gasteiger partial charge in [0.05, 0.1) is 18.7 Å². The van der Waals surface area contributed by atoms with E-state index < -0.39 is 53.4 Å². The number of amides is 1. The molecular weight excluding hydrogens is 656 g/mol. The summed E-state index contributed by atoms with van der Waals surface area (Å²) >= 11 is 0. The molecule has 1 amide bonds. The molecular formula is C43H38N2O7. The second kappa shape index (κ2) is 13.8. The molecule has 1 aliphatic carbocycles. The molecule has 3 aliphatic heterocycles. The number of rotatable bonds is 7. The van der Waals surface area contributed by atoms with Crippen molar-refractivity contribution < 1.29 is 34.1 Å². The van der Waals surface area contributed by atoms with Crippen molar-refractivity contribution in [2.75, 3.05) is 18.5 Å². The number of aliphatic hydroxyl groups excluding tert-OH is 1. The number of aliphatic carboxylic acids is 1. The number of hydrogen-bond donors (Lipinski definition) is 3. The minimum absolute atomic E-state index is 0.0418. The Morgan fingerprint density at radius 3 is 2.35 bits per heavy atom. The lowest BCUT2D eigenvalue weighted by molar-refractivity contribution is -0.179. The summed E-state index contributed by atoms with van der Waals surface area (Å²) in [6.07, 6.45) is 5.44. The first-order chi connectivity index (χ1) is 25.4. The number of carbonyl (C=O) groups excluding carboxylic acids is 2. The highest BCUT2D eigenvalue weighted by molar-refractivity contribution is 6.11. The molecule has 3 N–H and O–H groups in total. The second-order valence-electron chi connectivity index (χ2n) is 13.7. The van der Waals surface area contributed by atoms with Crippen molar-refractivity contribution in [1.82, 2.24) is 4.90 Å². The molecule has 1 spiro atoms. The number of carbonyl (C=O) groups is 3. The molecule has 262 valence electrons. The fraction of sp³-hybridized carbons (Fsp3) is 0.279. The highest BCUT2D eigenvalue weighted by Crippen LogP contribution is 2.64. The molecule has 9 nitrogen and oxygen atoms in total. The summed E-state index contributed by atoms with van der Waals surface area (Å²) in [7, 11) is 0. The number of hydrogen-bond acceptors (Lipinski definition) is 7. The maximum absolute atomic E-state index is 14.9. The molecule has 0 aromatic heterocycles. The van der Waals surface area contributed by atoms with Crippen molar-refractivity contribution in [3.8, 4) is 17.6 Å². The summed E-state index contributed by atoms with van der Waals surface area (Å²) < 4.78 is 12.1. The normalized spacial score (nSPS) is 26.3. The molecule has 4 aliphatic rings. The van der Waals surface area contributed by atoms with Crippen molar-refractivity contribution in [2.45, 2.75) is 55.3 Å². The van der Waals surface area contributed by atoms with Gasteiger partial charge in [0.2, 0.25) is 5.91 Å². The maximum atomic E-state index is 14.9. The van der Waals surface area contributed by atoms with Crippen molar-refractivity contribution in [2.24, 2.45) is 5.92 Å². The van der Waals surface area contributed by atoms with E-state index in [1.165, 1.54) is 0 Å². The molecule has 6 atom stereocenters. The van der Waals surface area contributed by atoms with E-state index >= 15 is 0 Å². The van der Waals surface area contributed by atoms with E-state index in [4.69, 9.17) is 9.47 Å². The molecule has 0 radical (unpaired) electrons. The SMILES string of the molecule is O=C1OC(c2ccccc2)C(c2ccccc2)N2C1C(C(=O)O)C1(C(=O)Nc3ccc(C#CC4=CCCCC4)cc31)C2c1cccc(OCCO)c1. The number of anilines is 1. The van der Waals surface area contributed by atoms with Crippen LogP contribution in [0.2, 0.25) is 0 Å². The smallest absolute Gasteiger partial charge is 0.325 e. The minimum atomic E-state index is -1.79. The Balaban J connectivity index is 1.40. The number of carboxylic acids is 1. The van der Waals surface area contributed by atoms with Crippen molar-refractivity contribution >= 4 is 23.5 Å². The number of cyclic esters (lactones) is 1. The number of carboxylic acid groups (broad SMARTS) is 1. The van der Waals surface area contributed by atoms with Gasteiger partial charge in [-0.3, -0.25) is 19.3 Å². The molecule has 9 heteroatoms. The number of aliphatic hydroxyl groups is 1. The molecule has 2 saturated heterocycles. The quantitative estimate of drug-likeness (QED) is 0.153. The van der Waals surface area contributed by atoms with Crippen LogP contribution in [0.4, 0.5) is 5.69 Å². The highest BCUT2D eigenvalue weighted by Gasteiger charge is 2.74. The fourth-order valence-corrected chi connectivity index (χ4v) is 8.69. The van der Waals surface area contributed by atoms with Gasteiger partial charge in [-0.25, -0.2) is 0 Å². The van der Waals surface area contributed by atoms with Crippen LogP contribution in [0.1, 0.15) is 71.7 Å². The van der Waals surface area contributed by atoms with Gasteiger partial charge in [0.1, 0.15) is 35.8 Å². The van der Waals surface area contributed by atoms with E-state index in [1.54, 1.807) is 24.3 Å². The molecule has 8 rings (SSSR count). The first-order valence-electron chi connectivity index (χ1n) is 17.7. The summed E-state index contributed by atoms with van der Waals surface area (Å²) in [6, 6.07) is 28.5. The molecule has 0 saturated carbocycles. The van der Waals surface area contributed by atoms with Crippen molar-refractivity contribution in [3.63, 3.8) is 0 Å². The summed E-state index contributed by atoms with van der Waals surface area (Å²) in [5, 5.41) is 23.8. The van der Waals surface area contributed by atoms with Crippen LogP contribution < -0.4 is 10.1 Å². The summed E-state index contributed by atoms with van der Waals surface area (Å²) in [4.78, 5) is 45.1. The van der Waals surface area contributed by atoms with Gasteiger partial charge in [-0.2, -0.15) is 0 Å². The van der Waals surface area contributed by atoms with Crippen molar-refractivity contribution in [3.05, 3.63) is 143 Å². The average molecular weight is 695 g/mol. The third-order valence-corrected chi connectivity index (χ3v) is 10.8. The number of nitrogens with zero attached hydrogens (tertiary/aromatic N) is 1. The van der Waals surface area contributed by atoms with Crippen LogP contribution in [0, 0.1) is 17.8 Å². The van der Waals surface area contributed by atoms with Crippen LogP contribution in [0.5, 0.6) is 5.75 Å². The van der Waals surface area contributed by atoms with E-state index in [1.807, 2.05) is 83.8 Å².